The van der Waals surface area contributed by atoms with Gasteiger partial charge >= 0.3 is 0 Å². The van der Waals surface area contributed by atoms with Gasteiger partial charge in [-0.3, -0.25) is 9.52 Å². The van der Waals surface area contributed by atoms with E-state index in [1.165, 1.54) is 6.07 Å². The first-order valence-corrected chi connectivity index (χ1v) is 12.9. The first-order chi connectivity index (χ1) is 15.2. The van der Waals surface area contributed by atoms with Crippen LogP contribution in [0.15, 0.2) is 70.5 Å². The summed E-state index contributed by atoms with van der Waals surface area (Å²) in [5.41, 5.74) is 3.25. The van der Waals surface area contributed by atoms with Crippen molar-refractivity contribution in [1.82, 2.24) is 5.32 Å². The van der Waals surface area contributed by atoms with E-state index in [1.807, 2.05) is 44.2 Å². The molecule has 3 rings (SSSR count). The maximum atomic E-state index is 13.0. The number of benzene rings is 3. The number of carbonyl (C=O) groups excluding carboxylic acids is 1. The minimum Gasteiger partial charge on any atom is -0.351 e. The lowest BCUT2D eigenvalue weighted by molar-refractivity contribution is 0.0956. The van der Waals surface area contributed by atoms with Gasteiger partial charge in [0, 0.05) is 27.8 Å². The second-order valence-electron chi connectivity index (χ2n) is 7.39. The summed E-state index contributed by atoms with van der Waals surface area (Å²) in [6, 6.07) is 17.7. The van der Waals surface area contributed by atoms with Crippen LogP contribution in [-0.2, 0) is 10.0 Å². The van der Waals surface area contributed by atoms with Gasteiger partial charge in [-0.25, -0.2) is 8.42 Å². The molecule has 3 aromatic carbocycles. The van der Waals surface area contributed by atoms with Gasteiger partial charge in [0.1, 0.15) is 0 Å². The van der Waals surface area contributed by atoms with Crippen molar-refractivity contribution < 1.29 is 13.2 Å². The zero-order valence-electron chi connectivity index (χ0n) is 18.1. The SMILES string of the molecule is Cc1ccc(C(=O)NCCSc2ccc(Cl)cc2)cc1S(=O)(=O)Nc1cccc(C)c1C. The topological polar surface area (TPSA) is 75.3 Å². The zero-order chi connectivity index (χ0) is 23.3. The van der Waals surface area contributed by atoms with E-state index in [2.05, 4.69) is 10.0 Å². The van der Waals surface area contributed by atoms with E-state index in [-0.39, 0.29) is 10.8 Å². The van der Waals surface area contributed by atoms with E-state index in [4.69, 9.17) is 11.6 Å². The van der Waals surface area contributed by atoms with Crippen LogP contribution in [0.25, 0.3) is 0 Å². The molecule has 0 heterocycles. The average molecular weight is 489 g/mol. The number of sulfonamides is 1. The molecular formula is C24H25ClN2O3S2. The second-order valence-corrected chi connectivity index (χ2v) is 10.6. The molecule has 0 fully saturated rings. The van der Waals surface area contributed by atoms with Gasteiger partial charge in [-0.05, 0) is 79.9 Å². The number of amides is 1. The molecule has 32 heavy (non-hydrogen) atoms. The number of anilines is 1. The largest absolute Gasteiger partial charge is 0.351 e. The summed E-state index contributed by atoms with van der Waals surface area (Å²) in [6.45, 7) is 5.95. The number of aryl methyl sites for hydroxylation is 2. The van der Waals surface area contributed by atoms with Crippen molar-refractivity contribution in [2.45, 2.75) is 30.6 Å². The Labute approximate surface area is 198 Å². The molecule has 0 aromatic heterocycles. The maximum Gasteiger partial charge on any atom is 0.262 e. The molecule has 0 aliphatic rings. The smallest absolute Gasteiger partial charge is 0.262 e. The van der Waals surface area contributed by atoms with E-state index in [0.717, 1.165) is 16.0 Å². The Bertz CT molecular complexity index is 1230. The highest BCUT2D eigenvalue weighted by Crippen LogP contribution is 2.24. The standard InChI is InChI=1S/C24H25ClN2O3S2/c1-16-5-4-6-22(18(16)3)27-32(29,30)23-15-19(8-7-17(23)2)24(28)26-13-14-31-21-11-9-20(25)10-12-21/h4-12,15,27H,13-14H2,1-3H3,(H,26,28). The van der Waals surface area contributed by atoms with Gasteiger partial charge in [-0.15, -0.1) is 11.8 Å². The lowest BCUT2D eigenvalue weighted by Crippen LogP contribution is -2.26. The van der Waals surface area contributed by atoms with Crippen molar-refractivity contribution in [2.75, 3.05) is 17.0 Å². The molecule has 3 aromatic rings. The number of hydrogen-bond donors (Lipinski definition) is 2. The first kappa shape index (κ1) is 24.2. The summed E-state index contributed by atoms with van der Waals surface area (Å²) < 4.78 is 28.7. The normalized spacial score (nSPS) is 11.2. The second kappa shape index (κ2) is 10.4. The Morgan fingerprint density at radius 2 is 1.69 bits per heavy atom. The van der Waals surface area contributed by atoms with Crippen molar-refractivity contribution in [1.29, 1.82) is 0 Å². The van der Waals surface area contributed by atoms with Crippen LogP contribution in [0.1, 0.15) is 27.0 Å². The number of carbonyl (C=O) groups is 1. The van der Waals surface area contributed by atoms with Crippen molar-refractivity contribution in [3.63, 3.8) is 0 Å². The van der Waals surface area contributed by atoms with Gasteiger partial charge in [-0.2, -0.15) is 0 Å². The minimum atomic E-state index is -3.85. The molecule has 0 unspecified atom stereocenters. The molecule has 0 spiro atoms. The van der Waals surface area contributed by atoms with Gasteiger partial charge in [0.05, 0.1) is 10.6 Å². The summed E-state index contributed by atoms with van der Waals surface area (Å²) in [5, 5.41) is 3.52. The van der Waals surface area contributed by atoms with Crippen LogP contribution in [0.5, 0.6) is 0 Å². The molecule has 0 atom stereocenters. The Morgan fingerprint density at radius 1 is 0.969 bits per heavy atom. The Hall–Kier alpha value is -2.48. The Kier molecular flexibility index (Phi) is 7.87. The fourth-order valence-corrected chi connectivity index (χ4v) is 5.35. The lowest BCUT2D eigenvalue weighted by Gasteiger charge is -2.14. The highest BCUT2D eigenvalue weighted by Gasteiger charge is 2.20. The summed E-state index contributed by atoms with van der Waals surface area (Å²) in [5.74, 6) is 0.364. The van der Waals surface area contributed by atoms with Crippen molar-refractivity contribution in [3.05, 3.63) is 87.9 Å². The minimum absolute atomic E-state index is 0.0848. The fraction of sp³-hybridized carbons (Fsp3) is 0.208. The Balaban J connectivity index is 1.68. The quantitative estimate of drug-likeness (QED) is 0.320. The molecule has 1 amide bonds. The fourth-order valence-electron chi connectivity index (χ4n) is 3.06. The van der Waals surface area contributed by atoms with E-state index in [1.54, 1.807) is 43.0 Å². The highest BCUT2D eigenvalue weighted by molar-refractivity contribution is 7.99. The molecule has 0 aliphatic carbocycles. The number of halogens is 1. The van der Waals surface area contributed by atoms with Crippen LogP contribution in [0.4, 0.5) is 5.69 Å². The van der Waals surface area contributed by atoms with Crippen molar-refractivity contribution >= 4 is 45.0 Å². The van der Waals surface area contributed by atoms with Gasteiger partial charge in [-0.1, -0.05) is 29.8 Å². The summed E-state index contributed by atoms with van der Waals surface area (Å²) in [6.07, 6.45) is 0. The molecule has 8 heteroatoms. The summed E-state index contributed by atoms with van der Waals surface area (Å²) in [7, 11) is -3.85. The molecule has 5 nitrogen and oxygen atoms in total. The summed E-state index contributed by atoms with van der Waals surface area (Å²) >= 11 is 7.49. The van der Waals surface area contributed by atoms with Crippen LogP contribution < -0.4 is 10.0 Å². The molecule has 0 saturated heterocycles. The predicted octanol–water partition coefficient (Wildman–Crippen LogP) is 5.59. The van der Waals surface area contributed by atoms with Crippen LogP contribution in [0, 0.1) is 20.8 Å². The van der Waals surface area contributed by atoms with Gasteiger partial charge < -0.3 is 5.32 Å². The average Bonchev–Trinajstić information content (AvgIpc) is 2.75. The third-order valence-corrected chi connectivity index (χ3v) is 7.83. The number of rotatable bonds is 8. The molecule has 0 aliphatic heterocycles. The molecule has 168 valence electrons. The third kappa shape index (κ3) is 6.06. The lowest BCUT2D eigenvalue weighted by atomic mass is 10.1. The van der Waals surface area contributed by atoms with E-state index in [9.17, 15) is 13.2 Å². The van der Waals surface area contributed by atoms with E-state index in [0.29, 0.717) is 34.1 Å². The van der Waals surface area contributed by atoms with Crippen LogP contribution in [-0.4, -0.2) is 26.6 Å². The zero-order valence-corrected chi connectivity index (χ0v) is 20.5. The summed E-state index contributed by atoms with van der Waals surface area (Å²) in [4.78, 5) is 13.7. The third-order valence-electron chi connectivity index (χ3n) is 5.06. The van der Waals surface area contributed by atoms with Crippen LogP contribution >= 0.6 is 23.4 Å². The molecule has 0 saturated carbocycles. The first-order valence-electron chi connectivity index (χ1n) is 10.0. The van der Waals surface area contributed by atoms with E-state index >= 15 is 0 Å². The number of nitrogens with one attached hydrogen (secondary N) is 2. The van der Waals surface area contributed by atoms with Crippen LogP contribution in [0.2, 0.25) is 5.02 Å². The molecule has 0 radical (unpaired) electrons. The maximum absolute atomic E-state index is 13.0. The number of hydrogen-bond acceptors (Lipinski definition) is 4. The van der Waals surface area contributed by atoms with Crippen molar-refractivity contribution in [2.24, 2.45) is 0 Å². The Morgan fingerprint density at radius 3 is 2.41 bits per heavy atom. The monoisotopic (exact) mass is 488 g/mol. The van der Waals surface area contributed by atoms with Crippen LogP contribution in [0.3, 0.4) is 0 Å². The van der Waals surface area contributed by atoms with E-state index < -0.39 is 10.0 Å². The van der Waals surface area contributed by atoms with Gasteiger partial charge in [0.15, 0.2) is 0 Å². The molecule has 0 bridgehead atoms. The van der Waals surface area contributed by atoms with Gasteiger partial charge in [0.2, 0.25) is 0 Å². The highest BCUT2D eigenvalue weighted by atomic mass is 35.5. The predicted molar refractivity (Wildman–Crippen MR) is 132 cm³/mol. The molecular weight excluding hydrogens is 464 g/mol. The number of thioether (sulfide) groups is 1. The van der Waals surface area contributed by atoms with Crippen molar-refractivity contribution in [3.8, 4) is 0 Å². The van der Waals surface area contributed by atoms with Gasteiger partial charge in [0.25, 0.3) is 15.9 Å². The molecule has 2 N–H and O–H groups in total.